The van der Waals surface area contributed by atoms with Crippen molar-refractivity contribution in [3.8, 4) is 0 Å². The molecule has 110 valence electrons. The van der Waals surface area contributed by atoms with Gasteiger partial charge in [-0.3, -0.25) is 4.79 Å². The molecule has 0 rings (SSSR count). The smallest absolute Gasteiger partial charge is 0.326 e. The fourth-order valence-electron chi connectivity index (χ4n) is 1.19. The summed E-state index contributed by atoms with van der Waals surface area (Å²) in [5.74, 6) is -2.10. The Morgan fingerprint density at radius 2 is 1.95 bits per heavy atom. The van der Waals surface area contributed by atoms with Crippen LogP contribution >= 0.6 is 0 Å². The lowest BCUT2D eigenvalue weighted by molar-refractivity contribution is -0.140. The maximum Gasteiger partial charge on any atom is 0.326 e. The number of ether oxygens (including phenoxy) is 1. The quantitative estimate of drug-likeness (QED) is 0.545. The number of carboxylic acid groups (broad SMARTS) is 1. The fourth-order valence-corrected chi connectivity index (χ4v) is 1.19. The molecule has 0 unspecified atom stereocenters. The second kappa shape index (κ2) is 8.30. The molecule has 0 aromatic rings. The number of hydrogen-bond acceptors (Lipinski definition) is 4. The molecule has 8 heteroatoms. The third-order valence-corrected chi connectivity index (χ3v) is 2.23. The van der Waals surface area contributed by atoms with Crippen LogP contribution in [0.15, 0.2) is 0 Å². The second-order valence-corrected chi connectivity index (χ2v) is 4.35. The number of nitrogens with one attached hydrogen (secondary N) is 1. The molecule has 3 amide bonds. The maximum absolute atomic E-state index is 11.7. The molecule has 0 aromatic heterocycles. The minimum absolute atomic E-state index is 0.0538. The number of urea groups is 1. The molecular weight excluding hydrogens is 254 g/mol. The average Bonchev–Trinajstić information content (AvgIpc) is 2.26. The van der Waals surface area contributed by atoms with Crippen molar-refractivity contribution in [3.05, 3.63) is 0 Å². The Bertz CT molecular complexity index is 332. The average molecular weight is 275 g/mol. The van der Waals surface area contributed by atoms with Crippen LogP contribution in [0, 0.1) is 0 Å². The molecule has 0 aliphatic carbocycles. The Hall–Kier alpha value is -1.83. The van der Waals surface area contributed by atoms with E-state index in [9.17, 15) is 14.4 Å². The summed E-state index contributed by atoms with van der Waals surface area (Å²) in [7, 11) is 1.50. The zero-order valence-electron chi connectivity index (χ0n) is 11.4. The van der Waals surface area contributed by atoms with Crippen molar-refractivity contribution in [1.29, 1.82) is 0 Å². The number of nitrogens with zero attached hydrogens (tertiary/aromatic N) is 1. The molecule has 0 aromatic carbocycles. The highest BCUT2D eigenvalue weighted by Gasteiger charge is 2.23. The zero-order valence-corrected chi connectivity index (χ0v) is 11.4. The van der Waals surface area contributed by atoms with Gasteiger partial charge in [-0.05, 0) is 13.8 Å². The van der Waals surface area contributed by atoms with Crippen LogP contribution in [0.25, 0.3) is 0 Å². The molecule has 0 aliphatic heterocycles. The number of amides is 3. The lowest BCUT2D eigenvalue weighted by atomic mass is 10.2. The molecule has 0 radical (unpaired) electrons. The number of carboxylic acids is 1. The topological polar surface area (TPSA) is 122 Å². The predicted molar refractivity (Wildman–Crippen MR) is 67.5 cm³/mol. The molecule has 0 saturated carbocycles. The standard InChI is InChI=1S/C11H21N3O5/c1-7(2)19-5-4-14(3)11(18)13-8(10(16)17)6-9(12)15/h7-8H,4-6H2,1-3H3,(H2,12,15)(H,13,18)(H,16,17)/t8-/m1/s1. The molecule has 0 fully saturated rings. The van der Waals surface area contributed by atoms with Gasteiger partial charge in [0.25, 0.3) is 0 Å². The maximum atomic E-state index is 11.7. The molecular formula is C11H21N3O5. The first-order chi connectivity index (χ1) is 8.73. The lowest BCUT2D eigenvalue weighted by Crippen LogP contribution is -2.48. The Balaban J connectivity index is 4.23. The van der Waals surface area contributed by atoms with Gasteiger partial charge in [0.05, 0.1) is 19.1 Å². The van der Waals surface area contributed by atoms with Gasteiger partial charge in [-0.2, -0.15) is 0 Å². The number of likely N-dealkylation sites (N-methyl/N-ethyl adjacent to an activating group) is 1. The Morgan fingerprint density at radius 1 is 1.37 bits per heavy atom. The normalized spacial score (nSPS) is 12.0. The van der Waals surface area contributed by atoms with E-state index in [0.717, 1.165) is 0 Å². The van der Waals surface area contributed by atoms with Crippen LogP contribution in [-0.4, -0.2) is 60.3 Å². The first-order valence-corrected chi connectivity index (χ1v) is 5.88. The molecule has 8 nitrogen and oxygen atoms in total. The number of carbonyl (C=O) groups is 3. The van der Waals surface area contributed by atoms with Crippen molar-refractivity contribution in [2.24, 2.45) is 5.73 Å². The van der Waals surface area contributed by atoms with E-state index in [1.807, 2.05) is 13.8 Å². The number of hydrogen-bond donors (Lipinski definition) is 3. The van der Waals surface area contributed by atoms with E-state index in [1.165, 1.54) is 11.9 Å². The van der Waals surface area contributed by atoms with Crippen LogP contribution in [-0.2, 0) is 14.3 Å². The summed E-state index contributed by atoms with van der Waals surface area (Å²) in [6, 6.07) is -1.92. The largest absolute Gasteiger partial charge is 0.480 e. The van der Waals surface area contributed by atoms with Crippen LogP contribution in [0.1, 0.15) is 20.3 Å². The van der Waals surface area contributed by atoms with Gasteiger partial charge in [-0.15, -0.1) is 0 Å². The predicted octanol–water partition coefficient (Wildman–Crippen LogP) is -0.619. The van der Waals surface area contributed by atoms with Crippen molar-refractivity contribution in [3.63, 3.8) is 0 Å². The zero-order chi connectivity index (χ0) is 15.0. The highest BCUT2D eigenvalue weighted by Crippen LogP contribution is 1.95. The summed E-state index contributed by atoms with van der Waals surface area (Å²) in [4.78, 5) is 34.5. The highest BCUT2D eigenvalue weighted by molar-refractivity contribution is 5.87. The van der Waals surface area contributed by atoms with Crippen molar-refractivity contribution < 1.29 is 24.2 Å². The minimum Gasteiger partial charge on any atom is -0.480 e. The van der Waals surface area contributed by atoms with Crippen molar-refractivity contribution >= 4 is 17.9 Å². The van der Waals surface area contributed by atoms with Crippen LogP contribution in [0.4, 0.5) is 4.79 Å². The molecule has 0 bridgehead atoms. The SMILES string of the molecule is CC(C)OCCN(C)C(=O)N[C@H](CC(N)=O)C(=O)O. The molecule has 4 N–H and O–H groups in total. The third-order valence-electron chi connectivity index (χ3n) is 2.23. The van der Waals surface area contributed by atoms with E-state index >= 15 is 0 Å². The van der Waals surface area contributed by atoms with Crippen molar-refractivity contribution in [2.45, 2.75) is 32.4 Å². The molecule has 19 heavy (non-hydrogen) atoms. The van der Waals surface area contributed by atoms with Crippen LogP contribution in [0.5, 0.6) is 0 Å². The van der Waals surface area contributed by atoms with Gasteiger partial charge in [0.2, 0.25) is 5.91 Å². The summed E-state index contributed by atoms with van der Waals surface area (Å²) < 4.78 is 5.27. The monoisotopic (exact) mass is 275 g/mol. The van der Waals surface area contributed by atoms with Gasteiger partial charge < -0.3 is 25.8 Å². The molecule has 0 saturated heterocycles. The number of carbonyl (C=O) groups excluding carboxylic acids is 2. The van der Waals surface area contributed by atoms with E-state index in [0.29, 0.717) is 13.2 Å². The number of primary amides is 1. The molecule has 0 heterocycles. The van der Waals surface area contributed by atoms with Gasteiger partial charge in [-0.1, -0.05) is 0 Å². The van der Waals surface area contributed by atoms with Crippen LogP contribution in [0.2, 0.25) is 0 Å². The molecule has 0 aliphatic rings. The fraction of sp³-hybridized carbons (Fsp3) is 0.727. The van der Waals surface area contributed by atoms with E-state index in [1.54, 1.807) is 0 Å². The van der Waals surface area contributed by atoms with E-state index in [4.69, 9.17) is 15.6 Å². The third kappa shape index (κ3) is 7.98. The van der Waals surface area contributed by atoms with Gasteiger partial charge >= 0.3 is 12.0 Å². The van der Waals surface area contributed by atoms with Gasteiger partial charge in [0.15, 0.2) is 0 Å². The summed E-state index contributed by atoms with van der Waals surface area (Å²) >= 11 is 0. The summed E-state index contributed by atoms with van der Waals surface area (Å²) in [6.45, 7) is 4.39. The van der Waals surface area contributed by atoms with Gasteiger partial charge in [-0.25, -0.2) is 9.59 Å². The minimum atomic E-state index is -1.32. The molecule has 1 atom stereocenters. The summed E-state index contributed by atoms with van der Waals surface area (Å²) in [5, 5.41) is 11.1. The van der Waals surface area contributed by atoms with E-state index in [2.05, 4.69) is 5.32 Å². The van der Waals surface area contributed by atoms with Crippen molar-refractivity contribution in [1.82, 2.24) is 10.2 Å². The Kier molecular flexibility index (Phi) is 7.50. The second-order valence-electron chi connectivity index (χ2n) is 4.35. The Labute approximate surface area is 111 Å². The Morgan fingerprint density at radius 3 is 2.37 bits per heavy atom. The van der Waals surface area contributed by atoms with E-state index < -0.39 is 30.4 Å². The highest BCUT2D eigenvalue weighted by atomic mass is 16.5. The van der Waals surface area contributed by atoms with Gasteiger partial charge in [0.1, 0.15) is 6.04 Å². The van der Waals surface area contributed by atoms with Gasteiger partial charge in [0, 0.05) is 13.6 Å². The number of rotatable bonds is 8. The van der Waals surface area contributed by atoms with Crippen LogP contribution in [0.3, 0.4) is 0 Å². The van der Waals surface area contributed by atoms with Crippen LogP contribution < -0.4 is 11.1 Å². The molecule has 0 spiro atoms. The van der Waals surface area contributed by atoms with E-state index in [-0.39, 0.29) is 6.10 Å². The summed E-state index contributed by atoms with van der Waals surface area (Å²) in [6.07, 6.45) is -0.393. The first kappa shape index (κ1) is 17.2. The number of nitrogens with two attached hydrogens (primary N) is 1. The number of aliphatic carboxylic acids is 1. The lowest BCUT2D eigenvalue weighted by Gasteiger charge is -2.21. The first-order valence-electron chi connectivity index (χ1n) is 5.88. The van der Waals surface area contributed by atoms with Crippen molar-refractivity contribution in [2.75, 3.05) is 20.2 Å². The summed E-state index contributed by atoms with van der Waals surface area (Å²) in [5.41, 5.74) is 4.91.